The first-order valence-corrected chi connectivity index (χ1v) is 5.85. The standard InChI is InChI=1S/C15H11F3N2/c1-10-2-5-12(6-3-10)20-13-7-4-11(9-19)14(8-13)15(16,17)18/h2-8,20H,1H3. The third-order valence-corrected chi connectivity index (χ3v) is 2.79. The Morgan fingerprint density at radius 3 is 2.15 bits per heavy atom. The number of alkyl halides is 3. The largest absolute Gasteiger partial charge is 0.417 e. The minimum atomic E-state index is -4.55. The first-order chi connectivity index (χ1) is 9.40. The molecule has 1 N–H and O–H groups in total. The Labute approximate surface area is 114 Å². The molecule has 0 aliphatic rings. The van der Waals surface area contributed by atoms with E-state index < -0.39 is 11.7 Å². The molecule has 0 aromatic heterocycles. The maximum atomic E-state index is 12.8. The predicted molar refractivity (Wildman–Crippen MR) is 70.6 cm³/mol. The zero-order valence-electron chi connectivity index (χ0n) is 10.6. The van der Waals surface area contributed by atoms with Crippen molar-refractivity contribution in [2.45, 2.75) is 13.1 Å². The van der Waals surface area contributed by atoms with Crippen LogP contribution in [-0.2, 0) is 6.18 Å². The number of aryl methyl sites for hydroxylation is 1. The lowest BCUT2D eigenvalue weighted by Gasteiger charge is -2.12. The van der Waals surface area contributed by atoms with Gasteiger partial charge in [-0.25, -0.2) is 0 Å². The first-order valence-electron chi connectivity index (χ1n) is 5.85. The van der Waals surface area contributed by atoms with Crippen LogP contribution in [0.4, 0.5) is 24.5 Å². The van der Waals surface area contributed by atoms with E-state index in [9.17, 15) is 13.2 Å². The summed E-state index contributed by atoms with van der Waals surface area (Å²) < 4.78 is 38.5. The van der Waals surface area contributed by atoms with E-state index in [0.717, 1.165) is 11.6 Å². The van der Waals surface area contributed by atoms with E-state index in [1.165, 1.54) is 12.1 Å². The fraction of sp³-hybridized carbons (Fsp3) is 0.133. The van der Waals surface area contributed by atoms with Crippen LogP contribution in [0.15, 0.2) is 42.5 Å². The fourth-order valence-corrected chi connectivity index (χ4v) is 1.76. The van der Waals surface area contributed by atoms with Gasteiger partial charge in [-0.05, 0) is 37.3 Å². The predicted octanol–water partition coefficient (Wildman–Crippen LogP) is 4.63. The van der Waals surface area contributed by atoms with E-state index in [2.05, 4.69) is 5.32 Å². The number of nitrogens with zero attached hydrogens (tertiary/aromatic N) is 1. The van der Waals surface area contributed by atoms with Gasteiger partial charge in [0.05, 0.1) is 17.2 Å². The van der Waals surface area contributed by atoms with Gasteiger partial charge in [0.1, 0.15) is 0 Å². The molecule has 2 nitrogen and oxygen atoms in total. The van der Waals surface area contributed by atoms with Crippen LogP contribution in [0.5, 0.6) is 0 Å². The Morgan fingerprint density at radius 1 is 1.00 bits per heavy atom. The van der Waals surface area contributed by atoms with Crippen LogP contribution in [0.3, 0.4) is 0 Å². The van der Waals surface area contributed by atoms with Gasteiger partial charge in [0.15, 0.2) is 0 Å². The van der Waals surface area contributed by atoms with E-state index in [0.29, 0.717) is 11.4 Å². The Hall–Kier alpha value is -2.48. The average Bonchev–Trinajstić information content (AvgIpc) is 2.40. The number of benzene rings is 2. The molecule has 0 spiro atoms. The summed E-state index contributed by atoms with van der Waals surface area (Å²) in [6.45, 7) is 1.92. The second-order valence-electron chi connectivity index (χ2n) is 4.36. The van der Waals surface area contributed by atoms with Crippen LogP contribution >= 0.6 is 0 Å². The maximum absolute atomic E-state index is 12.8. The Morgan fingerprint density at radius 2 is 1.60 bits per heavy atom. The van der Waals surface area contributed by atoms with Crippen molar-refractivity contribution in [2.24, 2.45) is 0 Å². The van der Waals surface area contributed by atoms with E-state index in [-0.39, 0.29) is 5.56 Å². The number of anilines is 2. The average molecular weight is 276 g/mol. The Kier molecular flexibility index (Phi) is 3.66. The van der Waals surface area contributed by atoms with Crippen LogP contribution in [0.25, 0.3) is 0 Å². The lowest BCUT2D eigenvalue weighted by atomic mass is 10.1. The smallest absolute Gasteiger partial charge is 0.356 e. The van der Waals surface area contributed by atoms with Crippen molar-refractivity contribution in [2.75, 3.05) is 5.32 Å². The third-order valence-electron chi connectivity index (χ3n) is 2.79. The highest BCUT2D eigenvalue weighted by molar-refractivity contribution is 5.62. The molecule has 0 saturated heterocycles. The second kappa shape index (κ2) is 5.25. The fourth-order valence-electron chi connectivity index (χ4n) is 1.76. The SMILES string of the molecule is Cc1ccc(Nc2ccc(C#N)c(C(F)(F)F)c2)cc1. The van der Waals surface area contributed by atoms with Crippen molar-refractivity contribution in [3.63, 3.8) is 0 Å². The molecule has 0 aliphatic carbocycles. The highest BCUT2D eigenvalue weighted by Crippen LogP contribution is 2.34. The van der Waals surface area contributed by atoms with E-state index in [1.54, 1.807) is 18.2 Å². The molecule has 0 fully saturated rings. The van der Waals surface area contributed by atoms with E-state index in [4.69, 9.17) is 5.26 Å². The summed E-state index contributed by atoms with van der Waals surface area (Å²) in [7, 11) is 0. The Bertz CT molecular complexity index is 652. The van der Waals surface area contributed by atoms with Crippen molar-refractivity contribution in [3.8, 4) is 6.07 Å². The van der Waals surface area contributed by atoms with E-state index in [1.807, 2.05) is 19.1 Å². The minimum absolute atomic E-state index is 0.292. The van der Waals surface area contributed by atoms with Gasteiger partial charge in [-0.3, -0.25) is 0 Å². The van der Waals surface area contributed by atoms with Gasteiger partial charge in [0.2, 0.25) is 0 Å². The maximum Gasteiger partial charge on any atom is 0.417 e. The number of nitrogens with one attached hydrogen (secondary N) is 1. The van der Waals surface area contributed by atoms with Crippen LogP contribution in [0.2, 0.25) is 0 Å². The van der Waals surface area contributed by atoms with Gasteiger partial charge in [0.25, 0.3) is 0 Å². The van der Waals surface area contributed by atoms with Crippen molar-refractivity contribution in [1.29, 1.82) is 5.26 Å². The first kappa shape index (κ1) is 13.9. The number of halogens is 3. The highest BCUT2D eigenvalue weighted by atomic mass is 19.4. The van der Waals surface area contributed by atoms with Gasteiger partial charge >= 0.3 is 6.18 Å². The molecule has 0 unspecified atom stereocenters. The summed E-state index contributed by atoms with van der Waals surface area (Å²) in [5.74, 6) is 0. The summed E-state index contributed by atoms with van der Waals surface area (Å²) in [6.07, 6.45) is -4.55. The van der Waals surface area contributed by atoms with Gasteiger partial charge in [-0.15, -0.1) is 0 Å². The molecule has 0 atom stereocenters. The third kappa shape index (κ3) is 3.09. The summed E-state index contributed by atoms with van der Waals surface area (Å²) in [4.78, 5) is 0. The zero-order valence-corrected chi connectivity index (χ0v) is 10.6. The molecule has 0 amide bonds. The molecule has 0 bridgehead atoms. The number of nitriles is 1. The van der Waals surface area contributed by atoms with Gasteiger partial charge in [0, 0.05) is 11.4 Å². The lowest BCUT2D eigenvalue weighted by Crippen LogP contribution is -2.08. The van der Waals surface area contributed by atoms with Crippen molar-refractivity contribution < 1.29 is 13.2 Å². The minimum Gasteiger partial charge on any atom is -0.356 e. The van der Waals surface area contributed by atoms with Crippen molar-refractivity contribution >= 4 is 11.4 Å². The second-order valence-corrected chi connectivity index (χ2v) is 4.36. The van der Waals surface area contributed by atoms with Gasteiger partial charge in [-0.1, -0.05) is 17.7 Å². The number of rotatable bonds is 2. The molecule has 102 valence electrons. The summed E-state index contributed by atoms with van der Waals surface area (Å²) in [6, 6.07) is 12.4. The van der Waals surface area contributed by atoms with Crippen LogP contribution in [0, 0.1) is 18.3 Å². The number of hydrogen-bond acceptors (Lipinski definition) is 2. The van der Waals surface area contributed by atoms with Crippen LogP contribution in [-0.4, -0.2) is 0 Å². The Balaban J connectivity index is 2.34. The van der Waals surface area contributed by atoms with Crippen LogP contribution in [0.1, 0.15) is 16.7 Å². The molecule has 0 radical (unpaired) electrons. The molecule has 5 heteroatoms. The molecule has 0 saturated carbocycles. The summed E-state index contributed by atoms with van der Waals surface area (Å²) in [5.41, 5.74) is 0.726. The quantitative estimate of drug-likeness (QED) is 0.868. The highest BCUT2D eigenvalue weighted by Gasteiger charge is 2.33. The molecule has 0 aliphatic heterocycles. The molecule has 2 aromatic carbocycles. The summed E-state index contributed by atoms with van der Waals surface area (Å²) >= 11 is 0. The molecule has 20 heavy (non-hydrogen) atoms. The van der Waals surface area contributed by atoms with Crippen molar-refractivity contribution in [3.05, 3.63) is 59.2 Å². The van der Waals surface area contributed by atoms with E-state index >= 15 is 0 Å². The summed E-state index contributed by atoms with van der Waals surface area (Å²) in [5, 5.41) is 11.6. The normalized spacial score (nSPS) is 10.9. The zero-order chi connectivity index (χ0) is 14.8. The van der Waals surface area contributed by atoms with Gasteiger partial charge in [-0.2, -0.15) is 18.4 Å². The molecular formula is C15H11F3N2. The number of hydrogen-bond donors (Lipinski definition) is 1. The molecular weight excluding hydrogens is 265 g/mol. The monoisotopic (exact) mass is 276 g/mol. The lowest BCUT2D eigenvalue weighted by molar-refractivity contribution is -0.137. The molecule has 2 rings (SSSR count). The molecule has 0 heterocycles. The van der Waals surface area contributed by atoms with Crippen LogP contribution < -0.4 is 5.32 Å². The van der Waals surface area contributed by atoms with Gasteiger partial charge < -0.3 is 5.32 Å². The topological polar surface area (TPSA) is 35.8 Å². The van der Waals surface area contributed by atoms with Crippen molar-refractivity contribution in [1.82, 2.24) is 0 Å². The molecule has 2 aromatic rings.